The number of carbonyl (C=O) groups excluding carboxylic acids is 1. The van der Waals surface area contributed by atoms with Gasteiger partial charge in [0.2, 0.25) is 0 Å². The molecule has 6 nitrogen and oxygen atoms in total. The number of nitrogens with one attached hydrogen (secondary N) is 1. The molecule has 0 amide bonds. The van der Waals surface area contributed by atoms with Crippen molar-refractivity contribution in [3.63, 3.8) is 0 Å². The Morgan fingerprint density at radius 2 is 1.70 bits per heavy atom. The first-order valence-electron chi connectivity index (χ1n) is 11.2. The van der Waals surface area contributed by atoms with Crippen molar-refractivity contribution < 1.29 is 14.3 Å². The summed E-state index contributed by atoms with van der Waals surface area (Å²) in [5.74, 6) is 0.703. The van der Waals surface area contributed by atoms with E-state index >= 15 is 0 Å². The molecule has 2 heterocycles. The molecule has 0 radical (unpaired) electrons. The molecule has 2 saturated heterocycles. The summed E-state index contributed by atoms with van der Waals surface area (Å²) in [6.07, 6.45) is 8.55. The number of ether oxygens (including phenoxy) is 2. The van der Waals surface area contributed by atoms with Gasteiger partial charge in [0.15, 0.2) is 0 Å². The van der Waals surface area contributed by atoms with E-state index in [1.165, 1.54) is 38.5 Å². The largest absolute Gasteiger partial charge is 0.466 e. The molecule has 0 aromatic heterocycles. The molecular formula is C21H39N3O3. The molecule has 27 heavy (non-hydrogen) atoms. The molecule has 1 N–H and O–H groups in total. The Bertz CT molecular complexity index is 426. The summed E-state index contributed by atoms with van der Waals surface area (Å²) in [5.41, 5.74) is 0. The average Bonchev–Trinajstić information content (AvgIpc) is 2.73. The molecule has 156 valence electrons. The van der Waals surface area contributed by atoms with Gasteiger partial charge in [-0.2, -0.15) is 0 Å². The van der Waals surface area contributed by atoms with E-state index in [-0.39, 0.29) is 5.97 Å². The molecule has 6 heteroatoms. The minimum Gasteiger partial charge on any atom is -0.466 e. The number of piperazine rings is 1. The van der Waals surface area contributed by atoms with Crippen LogP contribution in [-0.2, 0) is 14.3 Å². The molecule has 0 bridgehead atoms. The van der Waals surface area contributed by atoms with Crippen molar-refractivity contribution in [2.24, 2.45) is 5.92 Å². The summed E-state index contributed by atoms with van der Waals surface area (Å²) >= 11 is 0. The lowest BCUT2D eigenvalue weighted by Crippen LogP contribution is -2.51. The zero-order valence-electron chi connectivity index (χ0n) is 17.2. The van der Waals surface area contributed by atoms with E-state index in [9.17, 15) is 4.79 Å². The van der Waals surface area contributed by atoms with Crippen LogP contribution in [-0.4, -0.2) is 86.9 Å². The van der Waals surface area contributed by atoms with Crippen LogP contribution in [0, 0.1) is 5.92 Å². The van der Waals surface area contributed by atoms with E-state index in [0.717, 1.165) is 64.4 Å². The molecule has 0 aromatic carbocycles. The fourth-order valence-electron chi connectivity index (χ4n) is 4.73. The molecule has 0 unspecified atom stereocenters. The van der Waals surface area contributed by atoms with Gasteiger partial charge in [-0.15, -0.1) is 0 Å². The Kier molecular flexibility index (Phi) is 8.84. The van der Waals surface area contributed by atoms with Crippen LogP contribution in [0.25, 0.3) is 0 Å². The maximum Gasteiger partial charge on any atom is 0.307 e. The summed E-state index contributed by atoms with van der Waals surface area (Å²) < 4.78 is 11.3. The first-order chi connectivity index (χ1) is 13.2. The first-order valence-corrected chi connectivity index (χ1v) is 11.2. The maximum absolute atomic E-state index is 11.5. The van der Waals surface area contributed by atoms with Crippen LogP contribution >= 0.6 is 0 Å². The van der Waals surface area contributed by atoms with Crippen LogP contribution < -0.4 is 5.32 Å². The van der Waals surface area contributed by atoms with Gasteiger partial charge >= 0.3 is 5.97 Å². The van der Waals surface area contributed by atoms with Gasteiger partial charge in [0.05, 0.1) is 19.1 Å². The Morgan fingerprint density at radius 1 is 1.00 bits per heavy atom. The standard InChI is InChI=1S/C21H39N3O3/c1-2-26-21(25)9-12-23-13-15-24(16-14-23)19-3-5-20(6-4-19)27-17-18-7-10-22-11-8-18/h18-20,22H,2-17H2,1H3. The Hall–Kier alpha value is -0.690. The van der Waals surface area contributed by atoms with E-state index in [0.29, 0.717) is 19.1 Å². The molecule has 1 aliphatic carbocycles. The molecule has 0 atom stereocenters. The zero-order valence-corrected chi connectivity index (χ0v) is 17.2. The van der Waals surface area contributed by atoms with Gasteiger partial charge in [0.1, 0.15) is 0 Å². The fraction of sp³-hybridized carbons (Fsp3) is 0.952. The van der Waals surface area contributed by atoms with Gasteiger partial charge in [-0.25, -0.2) is 0 Å². The predicted octanol–water partition coefficient (Wildman–Crippen LogP) is 1.88. The van der Waals surface area contributed by atoms with Gasteiger partial charge in [0.25, 0.3) is 0 Å². The topological polar surface area (TPSA) is 54.0 Å². The second-order valence-corrected chi connectivity index (χ2v) is 8.39. The highest BCUT2D eigenvalue weighted by atomic mass is 16.5. The number of rotatable bonds is 8. The lowest BCUT2D eigenvalue weighted by atomic mass is 9.91. The lowest BCUT2D eigenvalue weighted by molar-refractivity contribution is -0.143. The number of esters is 1. The summed E-state index contributed by atoms with van der Waals surface area (Å²) in [6, 6.07) is 0.732. The Morgan fingerprint density at radius 3 is 2.37 bits per heavy atom. The van der Waals surface area contributed by atoms with E-state index in [1.54, 1.807) is 0 Å². The van der Waals surface area contributed by atoms with Crippen molar-refractivity contribution in [3.8, 4) is 0 Å². The number of nitrogens with zero attached hydrogens (tertiary/aromatic N) is 2. The van der Waals surface area contributed by atoms with Gasteiger partial charge < -0.3 is 19.7 Å². The second kappa shape index (κ2) is 11.3. The van der Waals surface area contributed by atoms with Crippen LogP contribution in [0.2, 0.25) is 0 Å². The smallest absolute Gasteiger partial charge is 0.307 e. The minimum atomic E-state index is -0.0669. The van der Waals surface area contributed by atoms with Gasteiger partial charge in [-0.3, -0.25) is 9.69 Å². The summed E-state index contributed by atoms with van der Waals surface area (Å²) in [5, 5.41) is 3.43. The monoisotopic (exact) mass is 381 g/mol. The second-order valence-electron chi connectivity index (χ2n) is 8.39. The number of hydrogen-bond donors (Lipinski definition) is 1. The molecule has 2 aliphatic heterocycles. The van der Waals surface area contributed by atoms with Crippen LogP contribution in [0.4, 0.5) is 0 Å². The van der Waals surface area contributed by atoms with Crippen molar-refractivity contribution >= 4 is 5.97 Å². The summed E-state index contributed by atoms with van der Waals surface area (Å²) in [6.45, 7) is 10.9. The summed E-state index contributed by atoms with van der Waals surface area (Å²) in [4.78, 5) is 16.6. The molecule has 1 saturated carbocycles. The quantitative estimate of drug-likeness (QED) is 0.648. The van der Waals surface area contributed by atoms with E-state index in [2.05, 4.69) is 15.1 Å². The van der Waals surface area contributed by atoms with Gasteiger partial charge in [-0.1, -0.05) is 0 Å². The molecule has 0 spiro atoms. The Labute approximate surface area is 164 Å². The van der Waals surface area contributed by atoms with Crippen LogP contribution in [0.5, 0.6) is 0 Å². The highest BCUT2D eigenvalue weighted by molar-refractivity contribution is 5.69. The third kappa shape index (κ3) is 7.00. The normalized spacial score (nSPS) is 28.9. The van der Waals surface area contributed by atoms with Crippen molar-refractivity contribution in [1.82, 2.24) is 15.1 Å². The lowest BCUT2D eigenvalue weighted by Gasteiger charge is -2.42. The van der Waals surface area contributed by atoms with Crippen molar-refractivity contribution in [1.29, 1.82) is 0 Å². The third-order valence-electron chi connectivity index (χ3n) is 6.53. The molecule has 3 fully saturated rings. The molecule has 3 rings (SSSR count). The SMILES string of the molecule is CCOC(=O)CCN1CCN(C2CCC(OCC3CCNCC3)CC2)CC1. The van der Waals surface area contributed by atoms with E-state index in [1.807, 2.05) is 6.92 Å². The van der Waals surface area contributed by atoms with Crippen LogP contribution in [0.15, 0.2) is 0 Å². The van der Waals surface area contributed by atoms with Crippen LogP contribution in [0.3, 0.4) is 0 Å². The van der Waals surface area contributed by atoms with Crippen molar-refractivity contribution in [2.75, 3.05) is 59.0 Å². The molecular weight excluding hydrogens is 342 g/mol. The van der Waals surface area contributed by atoms with Gasteiger partial charge in [0, 0.05) is 45.4 Å². The molecule has 0 aromatic rings. The first kappa shape index (κ1) is 21.0. The van der Waals surface area contributed by atoms with Gasteiger partial charge in [-0.05, 0) is 64.5 Å². The summed E-state index contributed by atoms with van der Waals surface area (Å²) in [7, 11) is 0. The van der Waals surface area contributed by atoms with Crippen molar-refractivity contribution in [3.05, 3.63) is 0 Å². The predicted molar refractivity (Wildman–Crippen MR) is 107 cm³/mol. The number of hydrogen-bond acceptors (Lipinski definition) is 6. The maximum atomic E-state index is 11.5. The van der Waals surface area contributed by atoms with E-state index < -0.39 is 0 Å². The zero-order chi connectivity index (χ0) is 18.9. The Balaban J connectivity index is 1.27. The average molecular weight is 382 g/mol. The molecule has 3 aliphatic rings. The third-order valence-corrected chi connectivity index (χ3v) is 6.53. The van der Waals surface area contributed by atoms with E-state index in [4.69, 9.17) is 9.47 Å². The minimum absolute atomic E-state index is 0.0669. The highest BCUT2D eigenvalue weighted by Crippen LogP contribution is 2.27. The van der Waals surface area contributed by atoms with Crippen molar-refractivity contribution in [2.45, 2.75) is 64.0 Å². The highest BCUT2D eigenvalue weighted by Gasteiger charge is 2.29. The number of piperidine rings is 1. The number of carbonyl (C=O) groups is 1. The van der Waals surface area contributed by atoms with Crippen LogP contribution in [0.1, 0.15) is 51.9 Å². The fourth-order valence-corrected chi connectivity index (χ4v) is 4.73.